The molecule has 3 heterocycles. The van der Waals surface area contributed by atoms with Crippen molar-refractivity contribution >= 4 is 40.7 Å². The number of fused-ring (bicyclic) bond motifs is 1. The molecule has 1 unspecified atom stereocenters. The number of nitrogen functional groups attached to an aromatic ring is 1. The van der Waals surface area contributed by atoms with E-state index in [0.29, 0.717) is 0 Å². The zero-order valence-electron chi connectivity index (χ0n) is 17.1. The summed E-state index contributed by atoms with van der Waals surface area (Å²) in [6.45, 7) is 1.54. The standard InChI is InChI=1S/C18H17ClF3N5O6/c1-4-5-26-11-13(19)24-16(23)25-14(11)27(17(26)30)15-10(31-7(2)28)6-9(33-15)12(18(20,21)22)32-8(3)29/h1,9-10,12,15H,5-6H2,2-3H3,(H2,23,24,25)/t9-,10+,12?,15+/m0/s1. The molecule has 15 heteroatoms. The molecule has 2 aromatic heterocycles. The molecular formula is C18H17ClF3N5O6. The van der Waals surface area contributed by atoms with Gasteiger partial charge in [0.1, 0.15) is 17.7 Å². The van der Waals surface area contributed by atoms with Gasteiger partial charge in [0.25, 0.3) is 0 Å². The van der Waals surface area contributed by atoms with Gasteiger partial charge in [-0.1, -0.05) is 17.5 Å². The first-order valence-corrected chi connectivity index (χ1v) is 9.66. The third-order valence-electron chi connectivity index (χ3n) is 4.65. The number of anilines is 1. The van der Waals surface area contributed by atoms with Crippen molar-refractivity contribution in [2.24, 2.45) is 0 Å². The molecule has 2 N–H and O–H groups in total. The van der Waals surface area contributed by atoms with Gasteiger partial charge in [-0.2, -0.15) is 23.1 Å². The second-order valence-corrected chi connectivity index (χ2v) is 7.37. The fourth-order valence-corrected chi connectivity index (χ4v) is 3.83. The molecule has 4 atom stereocenters. The first kappa shape index (κ1) is 24.3. The topological polar surface area (TPSA) is 141 Å². The van der Waals surface area contributed by atoms with Crippen molar-refractivity contribution in [3.8, 4) is 12.3 Å². The van der Waals surface area contributed by atoms with Crippen LogP contribution in [0.4, 0.5) is 19.1 Å². The Kier molecular flexibility index (Phi) is 6.57. The lowest BCUT2D eigenvalue weighted by atomic mass is 10.1. The van der Waals surface area contributed by atoms with Crippen molar-refractivity contribution in [1.29, 1.82) is 0 Å². The SMILES string of the molecule is C#CCn1c(=O)n([C@@H]2O[C@H](C(OC(C)=O)C(F)(F)F)C[C@H]2OC(C)=O)c2nc(N)nc(Cl)c21. The van der Waals surface area contributed by atoms with Crippen LogP contribution in [0.2, 0.25) is 5.15 Å². The number of terminal acetylenes is 1. The number of ether oxygens (including phenoxy) is 3. The largest absolute Gasteiger partial charge is 0.458 e. The second kappa shape index (κ2) is 8.91. The fraction of sp³-hybridized carbons (Fsp3) is 0.500. The predicted molar refractivity (Wildman–Crippen MR) is 106 cm³/mol. The summed E-state index contributed by atoms with van der Waals surface area (Å²) in [6.07, 6.45) is -7.73. The molecule has 178 valence electrons. The number of rotatable bonds is 5. The highest BCUT2D eigenvalue weighted by Crippen LogP contribution is 2.39. The zero-order valence-corrected chi connectivity index (χ0v) is 17.9. The lowest BCUT2D eigenvalue weighted by Gasteiger charge is -2.25. The van der Waals surface area contributed by atoms with Gasteiger partial charge in [-0.05, 0) is 0 Å². The normalized spacial score (nSPS) is 21.5. The summed E-state index contributed by atoms with van der Waals surface area (Å²) in [6, 6.07) is 0. The Morgan fingerprint density at radius 3 is 2.58 bits per heavy atom. The summed E-state index contributed by atoms with van der Waals surface area (Å²) in [5, 5.41) is -0.240. The Bertz CT molecular complexity index is 1200. The van der Waals surface area contributed by atoms with Crippen LogP contribution in [-0.4, -0.2) is 55.5 Å². The summed E-state index contributed by atoms with van der Waals surface area (Å²) < 4.78 is 57.6. The second-order valence-electron chi connectivity index (χ2n) is 7.01. The number of nitrogens with zero attached hydrogens (tertiary/aromatic N) is 4. The van der Waals surface area contributed by atoms with Crippen LogP contribution in [0.1, 0.15) is 26.5 Å². The maximum absolute atomic E-state index is 13.6. The first-order chi connectivity index (χ1) is 15.3. The number of hydrogen-bond acceptors (Lipinski definition) is 9. The molecule has 0 aromatic carbocycles. The molecule has 0 radical (unpaired) electrons. The maximum Gasteiger partial charge on any atom is 0.428 e. The highest BCUT2D eigenvalue weighted by Gasteiger charge is 2.54. The van der Waals surface area contributed by atoms with Gasteiger partial charge in [-0.25, -0.2) is 9.36 Å². The molecule has 2 aromatic rings. The third-order valence-corrected chi connectivity index (χ3v) is 4.91. The van der Waals surface area contributed by atoms with Crippen molar-refractivity contribution in [2.45, 2.75) is 57.5 Å². The van der Waals surface area contributed by atoms with Crippen molar-refractivity contribution in [2.75, 3.05) is 5.73 Å². The minimum Gasteiger partial charge on any atom is -0.458 e. The summed E-state index contributed by atoms with van der Waals surface area (Å²) in [5.41, 5.74) is 4.50. The van der Waals surface area contributed by atoms with E-state index in [-0.39, 0.29) is 28.8 Å². The van der Waals surface area contributed by atoms with Gasteiger partial charge >= 0.3 is 23.8 Å². The first-order valence-electron chi connectivity index (χ1n) is 9.29. The Labute approximate surface area is 188 Å². The Morgan fingerprint density at radius 1 is 1.36 bits per heavy atom. The van der Waals surface area contributed by atoms with Crippen molar-refractivity contribution < 1.29 is 37.0 Å². The van der Waals surface area contributed by atoms with Gasteiger partial charge in [0.2, 0.25) is 12.1 Å². The predicted octanol–water partition coefficient (Wildman–Crippen LogP) is 1.17. The number of esters is 2. The van der Waals surface area contributed by atoms with Crippen LogP contribution in [0.25, 0.3) is 11.2 Å². The molecule has 11 nitrogen and oxygen atoms in total. The molecule has 1 aliphatic heterocycles. The van der Waals surface area contributed by atoms with Crippen molar-refractivity contribution in [1.82, 2.24) is 19.1 Å². The summed E-state index contributed by atoms with van der Waals surface area (Å²) in [5.74, 6) is -0.150. The van der Waals surface area contributed by atoms with Crippen LogP contribution >= 0.6 is 11.6 Å². The van der Waals surface area contributed by atoms with E-state index in [0.717, 1.165) is 23.0 Å². The monoisotopic (exact) mass is 491 g/mol. The molecule has 0 aliphatic carbocycles. The number of halogens is 4. The van der Waals surface area contributed by atoms with E-state index in [1.165, 1.54) is 0 Å². The molecule has 0 spiro atoms. The number of nitrogens with two attached hydrogens (primary N) is 1. The molecule has 1 aliphatic rings. The molecular weight excluding hydrogens is 475 g/mol. The quantitative estimate of drug-likeness (QED) is 0.370. The van der Waals surface area contributed by atoms with Gasteiger partial charge < -0.3 is 19.9 Å². The highest BCUT2D eigenvalue weighted by atomic mass is 35.5. The van der Waals surface area contributed by atoms with Crippen LogP contribution in [0.15, 0.2) is 4.79 Å². The Balaban J connectivity index is 2.18. The summed E-state index contributed by atoms with van der Waals surface area (Å²) >= 11 is 6.11. The number of hydrogen-bond donors (Lipinski definition) is 1. The van der Waals surface area contributed by atoms with Gasteiger partial charge in [0.05, 0.1) is 6.54 Å². The molecule has 0 bridgehead atoms. The van der Waals surface area contributed by atoms with E-state index in [1.807, 2.05) is 0 Å². The average molecular weight is 492 g/mol. The van der Waals surface area contributed by atoms with Gasteiger partial charge in [0.15, 0.2) is 17.0 Å². The van der Waals surface area contributed by atoms with Crippen LogP contribution < -0.4 is 11.4 Å². The molecule has 3 rings (SSSR count). The third kappa shape index (κ3) is 4.74. The van der Waals surface area contributed by atoms with E-state index in [2.05, 4.69) is 20.6 Å². The Morgan fingerprint density at radius 2 is 2.03 bits per heavy atom. The molecule has 33 heavy (non-hydrogen) atoms. The van der Waals surface area contributed by atoms with Gasteiger partial charge in [-0.3, -0.25) is 14.2 Å². The summed E-state index contributed by atoms with van der Waals surface area (Å²) in [7, 11) is 0. The molecule has 1 saturated heterocycles. The number of carbonyl (C=O) groups excluding carboxylic acids is 2. The van der Waals surface area contributed by atoms with E-state index >= 15 is 0 Å². The minimum absolute atomic E-state index is 0.0465. The number of carbonyl (C=O) groups is 2. The number of aromatic nitrogens is 4. The van der Waals surface area contributed by atoms with E-state index < -0.39 is 54.8 Å². The Hall–Kier alpha value is -3.31. The molecule has 0 saturated carbocycles. The lowest BCUT2D eigenvalue weighted by molar-refractivity contribution is -0.248. The van der Waals surface area contributed by atoms with Gasteiger partial charge in [-0.15, -0.1) is 6.42 Å². The van der Waals surface area contributed by atoms with Crippen LogP contribution in [0, 0.1) is 12.3 Å². The van der Waals surface area contributed by atoms with Crippen molar-refractivity contribution in [3.05, 3.63) is 15.6 Å². The zero-order chi connectivity index (χ0) is 24.7. The van der Waals surface area contributed by atoms with Crippen LogP contribution in [0.3, 0.4) is 0 Å². The average Bonchev–Trinajstić information content (AvgIpc) is 3.17. The van der Waals surface area contributed by atoms with Crippen LogP contribution in [-0.2, 0) is 30.3 Å². The van der Waals surface area contributed by atoms with Crippen LogP contribution in [0.5, 0.6) is 0 Å². The number of alkyl halides is 3. The lowest BCUT2D eigenvalue weighted by Crippen LogP contribution is -2.43. The van der Waals surface area contributed by atoms with E-state index in [9.17, 15) is 27.6 Å². The minimum atomic E-state index is -5.01. The van der Waals surface area contributed by atoms with E-state index in [4.69, 9.17) is 33.2 Å². The van der Waals surface area contributed by atoms with Crippen molar-refractivity contribution in [3.63, 3.8) is 0 Å². The number of imidazole rings is 1. The fourth-order valence-electron chi connectivity index (χ4n) is 3.56. The highest BCUT2D eigenvalue weighted by molar-refractivity contribution is 6.33. The summed E-state index contributed by atoms with van der Waals surface area (Å²) in [4.78, 5) is 43.7. The smallest absolute Gasteiger partial charge is 0.428 e. The maximum atomic E-state index is 13.6. The molecule has 1 fully saturated rings. The molecule has 0 amide bonds. The van der Waals surface area contributed by atoms with E-state index in [1.54, 1.807) is 0 Å². The van der Waals surface area contributed by atoms with Gasteiger partial charge in [0, 0.05) is 20.3 Å².